The third-order valence-electron chi connectivity index (χ3n) is 3.81. The van der Waals surface area contributed by atoms with Crippen LogP contribution >= 0.6 is 0 Å². The van der Waals surface area contributed by atoms with Gasteiger partial charge in [0.05, 0.1) is 0 Å². The van der Waals surface area contributed by atoms with Gasteiger partial charge in [0.25, 0.3) is 0 Å². The lowest BCUT2D eigenvalue weighted by Crippen LogP contribution is -2.52. The van der Waals surface area contributed by atoms with Crippen molar-refractivity contribution >= 4 is 5.91 Å². The Morgan fingerprint density at radius 3 is 2.71 bits per heavy atom. The van der Waals surface area contributed by atoms with Crippen molar-refractivity contribution < 1.29 is 4.79 Å². The molecule has 3 nitrogen and oxygen atoms in total. The molecule has 2 unspecified atom stereocenters. The topological polar surface area (TPSA) is 32.3 Å². The van der Waals surface area contributed by atoms with E-state index in [1.807, 2.05) is 13.8 Å². The van der Waals surface area contributed by atoms with E-state index in [1.54, 1.807) is 6.08 Å². The van der Waals surface area contributed by atoms with Gasteiger partial charge in [-0.05, 0) is 52.5 Å². The van der Waals surface area contributed by atoms with Crippen LogP contribution in [-0.4, -0.2) is 36.0 Å². The van der Waals surface area contributed by atoms with Crippen LogP contribution in [0.15, 0.2) is 11.6 Å². The first-order chi connectivity index (χ1) is 8.18. The Hall–Kier alpha value is -0.830. The third kappa shape index (κ3) is 3.09. The minimum absolute atomic E-state index is 0.211. The van der Waals surface area contributed by atoms with E-state index in [-0.39, 0.29) is 5.91 Å². The van der Waals surface area contributed by atoms with Crippen LogP contribution in [0, 0.1) is 0 Å². The first-order valence-electron chi connectivity index (χ1n) is 6.87. The summed E-state index contributed by atoms with van der Waals surface area (Å²) in [6, 6.07) is 0.958. The van der Waals surface area contributed by atoms with Gasteiger partial charge in [-0.1, -0.05) is 5.57 Å². The van der Waals surface area contributed by atoms with E-state index in [9.17, 15) is 4.79 Å². The second kappa shape index (κ2) is 5.67. The van der Waals surface area contributed by atoms with Gasteiger partial charge in [0, 0.05) is 24.7 Å². The Bertz CT molecular complexity index is 301. The van der Waals surface area contributed by atoms with Crippen LogP contribution in [0.25, 0.3) is 0 Å². The van der Waals surface area contributed by atoms with Crippen molar-refractivity contribution in [2.45, 2.75) is 58.0 Å². The van der Waals surface area contributed by atoms with E-state index >= 15 is 0 Å². The summed E-state index contributed by atoms with van der Waals surface area (Å²) in [5, 5.41) is 3.55. The third-order valence-corrected chi connectivity index (χ3v) is 3.81. The Labute approximate surface area is 104 Å². The number of hydrogen-bond acceptors (Lipinski definition) is 2. The second-order valence-corrected chi connectivity index (χ2v) is 5.52. The van der Waals surface area contributed by atoms with Crippen molar-refractivity contribution in [3.63, 3.8) is 0 Å². The molecular weight excluding hydrogens is 212 g/mol. The number of carbonyl (C=O) groups is 1. The maximum absolute atomic E-state index is 12.2. The molecule has 2 saturated heterocycles. The molecule has 3 heteroatoms. The van der Waals surface area contributed by atoms with E-state index in [2.05, 4.69) is 10.2 Å². The van der Waals surface area contributed by atoms with E-state index in [0.717, 1.165) is 25.1 Å². The van der Waals surface area contributed by atoms with Gasteiger partial charge in [-0.25, -0.2) is 0 Å². The zero-order chi connectivity index (χ0) is 12.3. The Balaban J connectivity index is 2.06. The molecule has 0 aliphatic carbocycles. The molecule has 2 heterocycles. The number of allylic oxidation sites excluding steroid dienone is 1. The van der Waals surface area contributed by atoms with Crippen molar-refractivity contribution in [1.82, 2.24) is 10.2 Å². The highest BCUT2D eigenvalue weighted by molar-refractivity contribution is 5.88. The lowest BCUT2D eigenvalue weighted by molar-refractivity contribution is -0.130. The molecule has 96 valence electrons. The number of likely N-dealkylation sites (tertiary alicyclic amines) is 1. The number of amides is 1. The Morgan fingerprint density at radius 1 is 1.24 bits per heavy atom. The molecule has 17 heavy (non-hydrogen) atoms. The summed E-state index contributed by atoms with van der Waals surface area (Å²) in [6.45, 7) is 6.03. The summed E-state index contributed by atoms with van der Waals surface area (Å²) in [4.78, 5) is 14.3. The smallest absolute Gasteiger partial charge is 0.246 e. The van der Waals surface area contributed by atoms with Gasteiger partial charge in [-0.3, -0.25) is 4.79 Å². The zero-order valence-corrected chi connectivity index (χ0v) is 11.0. The molecule has 1 amide bonds. The van der Waals surface area contributed by atoms with E-state index in [0.29, 0.717) is 12.1 Å². The summed E-state index contributed by atoms with van der Waals surface area (Å²) in [6.07, 6.45) is 7.86. The van der Waals surface area contributed by atoms with E-state index < -0.39 is 0 Å². The SMILES string of the molecule is CC(C)=CC(=O)N1CCCCC1C1CCCN1. The molecule has 0 radical (unpaired) electrons. The highest BCUT2D eigenvalue weighted by atomic mass is 16.2. The number of hydrogen-bond donors (Lipinski definition) is 1. The first-order valence-corrected chi connectivity index (χ1v) is 6.87. The van der Waals surface area contributed by atoms with E-state index in [1.165, 1.54) is 25.7 Å². The van der Waals surface area contributed by atoms with Crippen LogP contribution in [0.3, 0.4) is 0 Å². The van der Waals surface area contributed by atoms with Gasteiger partial charge in [0.15, 0.2) is 0 Å². The van der Waals surface area contributed by atoms with Crippen molar-refractivity contribution in [3.05, 3.63) is 11.6 Å². The predicted octanol–water partition coefficient (Wildman–Crippen LogP) is 2.09. The number of piperidine rings is 1. The standard InChI is InChI=1S/C14H24N2O/c1-11(2)10-14(17)16-9-4-3-7-13(16)12-6-5-8-15-12/h10,12-13,15H,3-9H2,1-2H3. The maximum Gasteiger partial charge on any atom is 0.246 e. The minimum atomic E-state index is 0.211. The molecule has 0 saturated carbocycles. The fraction of sp³-hybridized carbons (Fsp3) is 0.786. The molecule has 0 spiro atoms. The predicted molar refractivity (Wildman–Crippen MR) is 69.8 cm³/mol. The van der Waals surface area contributed by atoms with Crippen LogP contribution < -0.4 is 5.32 Å². The normalized spacial score (nSPS) is 29.2. The van der Waals surface area contributed by atoms with Crippen LogP contribution in [0.2, 0.25) is 0 Å². The van der Waals surface area contributed by atoms with Gasteiger partial charge in [-0.15, -0.1) is 0 Å². The average molecular weight is 236 g/mol. The Kier molecular flexibility index (Phi) is 4.21. The van der Waals surface area contributed by atoms with Gasteiger partial charge < -0.3 is 10.2 Å². The van der Waals surface area contributed by atoms with Gasteiger partial charge in [0.1, 0.15) is 0 Å². The highest BCUT2D eigenvalue weighted by Gasteiger charge is 2.33. The van der Waals surface area contributed by atoms with Crippen LogP contribution in [0.1, 0.15) is 46.0 Å². The quantitative estimate of drug-likeness (QED) is 0.745. The number of rotatable bonds is 2. The summed E-state index contributed by atoms with van der Waals surface area (Å²) >= 11 is 0. The fourth-order valence-electron chi connectivity index (χ4n) is 3.02. The molecule has 2 fully saturated rings. The number of nitrogens with one attached hydrogen (secondary N) is 1. The molecule has 0 aromatic heterocycles. The molecular formula is C14H24N2O. The van der Waals surface area contributed by atoms with Crippen LogP contribution in [0.4, 0.5) is 0 Å². The van der Waals surface area contributed by atoms with Crippen LogP contribution in [0.5, 0.6) is 0 Å². The van der Waals surface area contributed by atoms with E-state index in [4.69, 9.17) is 0 Å². The van der Waals surface area contributed by atoms with Crippen molar-refractivity contribution in [2.75, 3.05) is 13.1 Å². The second-order valence-electron chi connectivity index (χ2n) is 5.52. The summed E-state index contributed by atoms with van der Waals surface area (Å²) in [5.74, 6) is 0.211. The molecule has 2 aliphatic heterocycles. The lowest BCUT2D eigenvalue weighted by Gasteiger charge is -2.39. The van der Waals surface area contributed by atoms with Crippen molar-refractivity contribution in [1.29, 1.82) is 0 Å². The fourth-order valence-corrected chi connectivity index (χ4v) is 3.02. The largest absolute Gasteiger partial charge is 0.335 e. The van der Waals surface area contributed by atoms with Gasteiger partial charge in [0.2, 0.25) is 5.91 Å². The Morgan fingerprint density at radius 2 is 2.06 bits per heavy atom. The van der Waals surface area contributed by atoms with Crippen LogP contribution in [-0.2, 0) is 4.79 Å². The van der Waals surface area contributed by atoms with Gasteiger partial charge in [-0.2, -0.15) is 0 Å². The number of nitrogens with zero attached hydrogens (tertiary/aromatic N) is 1. The monoisotopic (exact) mass is 236 g/mol. The maximum atomic E-state index is 12.2. The summed E-state index contributed by atoms with van der Waals surface area (Å²) < 4.78 is 0. The first kappa shape index (κ1) is 12.6. The average Bonchev–Trinajstić information content (AvgIpc) is 2.81. The minimum Gasteiger partial charge on any atom is -0.335 e. The zero-order valence-electron chi connectivity index (χ0n) is 11.0. The molecule has 0 bridgehead atoms. The van der Waals surface area contributed by atoms with Crippen molar-refractivity contribution in [2.24, 2.45) is 0 Å². The summed E-state index contributed by atoms with van der Waals surface area (Å²) in [5.41, 5.74) is 1.10. The molecule has 2 aliphatic rings. The molecule has 2 rings (SSSR count). The highest BCUT2D eigenvalue weighted by Crippen LogP contribution is 2.24. The summed E-state index contributed by atoms with van der Waals surface area (Å²) in [7, 11) is 0. The molecule has 2 atom stereocenters. The molecule has 0 aromatic carbocycles. The van der Waals surface area contributed by atoms with Crippen molar-refractivity contribution in [3.8, 4) is 0 Å². The lowest BCUT2D eigenvalue weighted by atomic mass is 9.94. The molecule has 0 aromatic rings. The number of carbonyl (C=O) groups excluding carboxylic acids is 1. The van der Waals surface area contributed by atoms with Gasteiger partial charge >= 0.3 is 0 Å². The molecule has 1 N–H and O–H groups in total.